The van der Waals surface area contributed by atoms with Gasteiger partial charge in [0.15, 0.2) is 0 Å². The third-order valence-electron chi connectivity index (χ3n) is 7.00. The lowest BCUT2D eigenvalue weighted by atomic mass is 10.1. The topological polar surface area (TPSA) is 9.86 Å². The first-order valence-electron chi connectivity index (χ1n) is 17.2. The van der Waals surface area contributed by atoms with Gasteiger partial charge in [0.1, 0.15) is 0 Å². The molecule has 6 aromatic carbocycles. The molecule has 0 aliphatic carbocycles. The lowest BCUT2D eigenvalue weighted by Crippen LogP contribution is -1.96. The molecular formula is C36H24N2. The molecule has 2 heterocycles. The van der Waals surface area contributed by atoms with Gasteiger partial charge in [-0.15, -0.1) is 0 Å². The highest BCUT2D eigenvalue weighted by atomic mass is 15.0. The van der Waals surface area contributed by atoms with Gasteiger partial charge < -0.3 is 9.13 Å². The van der Waals surface area contributed by atoms with Crippen molar-refractivity contribution < 1.29 is 13.7 Å². The number of fused-ring (bicyclic) bond motifs is 6. The van der Waals surface area contributed by atoms with E-state index in [1.165, 1.54) is 16.7 Å². The summed E-state index contributed by atoms with van der Waals surface area (Å²) < 4.78 is 91.3. The van der Waals surface area contributed by atoms with E-state index in [4.69, 9.17) is 11.0 Å². The van der Waals surface area contributed by atoms with E-state index in [1.54, 1.807) is 24.3 Å². The van der Waals surface area contributed by atoms with Crippen LogP contribution in [-0.4, -0.2) is 9.13 Å². The van der Waals surface area contributed by atoms with E-state index in [2.05, 4.69) is 0 Å². The van der Waals surface area contributed by atoms with Crippen LogP contribution in [0, 0.1) is 0 Å². The van der Waals surface area contributed by atoms with Crippen LogP contribution >= 0.6 is 0 Å². The van der Waals surface area contributed by atoms with E-state index in [0.29, 0.717) is 11.3 Å². The van der Waals surface area contributed by atoms with Gasteiger partial charge in [-0.1, -0.05) is 103 Å². The van der Waals surface area contributed by atoms with Gasteiger partial charge in [-0.25, -0.2) is 0 Å². The molecule has 0 amide bonds. The molecule has 2 aromatic heterocycles. The predicted octanol–water partition coefficient (Wildman–Crippen LogP) is 9.55. The molecule has 0 radical (unpaired) electrons. The van der Waals surface area contributed by atoms with Crippen molar-refractivity contribution in [1.29, 1.82) is 0 Å². The molecule has 2 heteroatoms. The summed E-state index contributed by atoms with van der Waals surface area (Å²) in [7, 11) is 0. The molecule has 0 aliphatic heterocycles. The van der Waals surface area contributed by atoms with Crippen molar-refractivity contribution in [1.82, 2.24) is 9.13 Å². The number of benzene rings is 6. The molecule has 0 saturated carbocycles. The second-order valence-corrected chi connectivity index (χ2v) is 9.05. The maximum absolute atomic E-state index is 9.28. The monoisotopic (exact) mass is 494 g/mol. The highest BCUT2D eigenvalue weighted by molar-refractivity contribution is 6.16. The molecule has 0 unspecified atom stereocenters. The van der Waals surface area contributed by atoms with E-state index < -0.39 is 12.1 Å². The van der Waals surface area contributed by atoms with Gasteiger partial charge in [0.2, 0.25) is 0 Å². The molecule has 8 aromatic rings. The number of hydrogen-bond donors (Lipinski definition) is 0. The molecule has 0 aliphatic rings. The second kappa shape index (κ2) is 8.22. The zero-order valence-corrected chi connectivity index (χ0v) is 20.0. The Morgan fingerprint density at radius 1 is 0.447 bits per heavy atom. The van der Waals surface area contributed by atoms with Crippen LogP contribution in [0.5, 0.6) is 0 Å². The zero-order valence-electron chi connectivity index (χ0n) is 30.0. The largest absolute Gasteiger partial charge is 0.309 e. The SMILES string of the molecule is [2H]c1cc([2H])c(-c2cccc(-n3c4c([2H])c([2H])c([2H])c([2H])c4c4c(-n5c6ccccc6c6ccccc65)c([2H])c([2H])c([2H])c43)c2)c([2H])c1. The van der Waals surface area contributed by atoms with Crippen molar-refractivity contribution >= 4 is 43.6 Å². The maximum atomic E-state index is 9.28. The van der Waals surface area contributed by atoms with Gasteiger partial charge in [-0.3, -0.25) is 0 Å². The zero-order chi connectivity index (χ0) is 33.8. The number of rotatable bonds is 3. The maximum Gasteiger partial charge on any atom is 0.0645 e. The first-order chi connectivity index (χ1) is 23.0. The van der Waals surface area contributed by atoms with E-state index in [0.717, 1.165) is 21.8 Å². The Morgan fingerprint density at radius 2 is 1.16 bits per heavy atom. The average Bonchev–Trinajstić information content (AvgIpc) is 3.60. The Labute approximate surface area is 234 Å². The summed E-state index contributed by atoms with van der Waals surface area (Å²) >= 11 is 0. The Morgan fingerprint density at radius 3 is 1.95 bits per heavy atom. The molecule has 0 spiro atoms. The highest BCUT2D eigenvalue weighted by Crippen LogP contribution is 2.40. The fraction of sp³-hybridized carbons (Fsp3) is 0. The van der Waals surface area contributed by atoms with Crippen LogP contribution in [0.4, 0.5) is 0 Å². The molecule has 0 fully saturated rings. The van der Waals surface area contributed by atoms with Crippen LogP contribution in [0.2, 0.25) is 0 Å². The molecule has 178 valence electrons. The number of nitrogens with zero attached hydrogens (tertiary/aromatic N) is 2. The van der Waals surface area contributed by atoms with Gasteiger partial charge in [-0.05, 0) is 53.5 Å². The summed E-state index contributed by atoms with van der Waals surface area (Å²) in [6.45, 7) is 0. The normalized spacial score (nSPS) is 15.4. The third-order valence-corrected chi connectivity index (χ3v) is 7.00. The van der Waals surface area contributed by atoms with Gasteiger partial charge in [0.25, 0.3) is 0 Å². The molecule has 8 rings (SSSR count). The fourth-order valence-corrected chi connectivity index (χ4v) is 5.43. The first kappa shape index (κ1) is 13.5. The fourth-order valence-electron chi connectivity index (χ4n) is 5.43. The van der Waals surface area contributed by atoms with Crippen LogP contribution in [0.25, 0.3) is 66.1 Å². The van der Waals surface area contributed by atoms with Crippen LogP contribution in [-0.2, 0) is 0 Å². The van der Waals surface area contributed by atoms with Crippen LogP contribution in [0.3, 0.4) is 0 Å². The predicted molar refractivity (Wildman–Crippen MR) is 161 cm³/mol. The molecule has 2 nitrogen and oxygen atoms in total. The van der Waals surface area contributed by atoms with Gasteiger partial charge >= 0.3 is 0 Å². The van der Waals surface area contributed by atoms with Gasteiger partial charge in [-0.2, -0.15) is 0 Å². The van der Waals surface area contributed by atoms with Crippen molar-refractivity contribution in [2.45, 2.75) is 0 Å². The highest BCUT2D eigenvalue weighted by Gasteiger charge is 2.19. The average molecular weight is 495 g/mol. The Bertz CT molecular complexity index is 2610. The summed E-state index contributed by atoms with van der Waals surface area (Å²) in [4.78, 5) is 0. The minimum absolute atomic E-state index is 0.0177. The lowest BCUT2D eigenvalue weighted by molar-refractivity contribution is 1.17. The molecule has 0 bridgehead atoms. The summed E-state index contributed by atoms with van der Waals surface area (Å²) in [5.74, 6) is 0. The lowest BCUT2D eigenvalue weighted by Gasteiger charge is -2.12. The first-order valence-corrected chi connectivity index (χ1v) is 12.2. The van der Waals surface area contributed by atoms with E-state index in [-0.39, 0.29) is 81.4 Å². The summed E-state index contributed by atoms with van der Waals surface area (Å²) in [5.41, 5.74) is 3.03. The van der Waals surface area contributed by atoms with Crippen LogP contribution in [0.15, 0.2) is 145 Å². The van der Waals surface area contributed by atoms with Crippen molar-refractivity contribution in [3.63, 3.8) is 0 Å². The van der Waals surface area contributed by atoms with Crippen LogP contribution in [0.1, 0.15) is 13.7 Å². The molecule has 0 N–H and O–H groups in total. The molecule has 0 saturated heterocycles. The van der Waals surface area contributed by atoms with E-state index in [1.807, 2.05) is 53.1 Å². The molecule has 38 heavy (non-hydrogen) atoms. The number of aromatic nitrogens is 2. The van der Waals surface area contributed by atoms with Gasteiger partial charge in [0, 0.05) is 27.2 Å². The van der Waals surface area contributed by atoms with Crippen molar-refractivity contribution in [3.8, 4) is 22.5 Å². The summed E-state index contributed by atoms with van der Waals surface area (Å²) in [6.07, 6.45) is 0. The van der Waals surface area contributed by atoms with Crippen molar-refractivity contribution in [3.05, 3.63) is 145 Å². The minimum Gasteiger partial charge on any atom is -0.309 e. The summed E-state index contributed by atoms with van der Waals surface area (Å²) in [5, 5.41) is 2.15. The molecule has 0 atom stereocenters. The quantitative estimate of drug-likeness (QED) is 0.231. The standard InChI is InChI=1S/C36H24N2/c1-2-12-25(13-3-1)26-14-10-15-27(24-26)37-33-21-9-6-18-30(33)36-34(37)22-11-23-35(36)38-31-19-7-4-16-28(31)29-17-5-8-20-32(29)38/h1-24H/i1D,6D,9D,11D,12D,13D,18D,21D,22D,23D. The minimum atomic E-state index is -0.470. The van der Waals surface area contributed by atoms with Crippen molar-refractivity contribution in [2.24, 2.45) is 0 Å². The second-order valence-electron chi connectivity index (χ2n) is 9.05. The third kappa shape index (κ3) is 3.01. The Balaban J connectivity index is 1.61. The summed E-state index contributed by atoms with van der Waals surface area (Å²) in [6, 6.07) is 22.2. The van der Waals surface area contributed by atoms with Crippen molar-refractivity contribution in [2.75, 3.05) is 0 Å². The molecular weight excluding hydrogens is 460 g/mol. The van der Waals surface area contributed by atoms with E-state index in [9.17, 15) is 2.74 Å². The Kier molecular flexibility index (Phi) is 2.91. The van der Waals surface area contributed by atoms with E-state index >= 15 is 0 Å². The number of hydrogen-bond acceptors (Lipinski definition) is 0. The van der Waals surface area contributed by atoms with Gasteiger partial charge in [0.05, 0.1) is 41.5 Å². The smallest absolute Gasteiger partial charge is 0.0645 e. The Hall–Kier alpha value is -5.08. The number of para-hydroxylation sites is 3. The van der Waals surface area contributed by atoms with Crippen LogP contribution < -0.4 is 0 Å².